The monoisotopic (exact) mass is 701 g/mol. The Morgan fingerprint density at radius 3 is 1.60 bits per heavy atom. The van der Waals surface area contributed by atoms with Gasteiger partial charge in [-0.05, 0) is 78.8 Å². The summed E-state index contributed by atoms with van der Waals surface area (Å²) >= 11 is 0. The second-order valence-corrected chi connectivity index (χ2v) is 13.9. The van der Waals surface area contributed by atoms with Crippen molar-refractivity contribution >= 4 is 54.3 Å². The smallest absolute Gasteiger partial charge is 0.165 e. The van der Waals surface area contributed by atoms with Crippen LogP contribution in [0.3, 0.4) is 0 Å². The van der Waals surface area contributed by atoms with Gasteiger partial charge in [0.15, 0.2) is 17.5 Å². The third-order valence-corrected chi connectivity index (χ3v) is 10.7. The van der Waals surface area contributed by atoms with Crippen LogP contribution in [0.1, 0.15) is 0 Å². The molecule has 0 unspecified atom stereocenters. The molecule has 0 spiro atoms. The van der Waals surface area contributed by atoms with Crippen molar-refractivity contribution in [3.05, 3.63) is 188 Å². The first-order valence-electron chi connectivity index (χ1n) is 18.5. The predicted molar refractivity (Wildman–Crippen MR) is 227 cm³/mol. The van der Waals surface area contributed by atoms with Crippen LogP contribution in [0.4, 0.5) is 0 Å². The topological polar surface area (TPSA) is 51.8 Å². The predicted octanol–water partition coefficient (Wildman–Crippen LogP) is 13.6. The highest BCUT2D eigenvalue weighted by Gasteiger charge is 2.21. The molecule has 0 aliphatic heterocycles. The van der Waals surface area contributed by atoms with Crippen molar-refractivity contribution in [2.75, 3.05) is 0 Å². The molecule has 0 radical (unpaired) electrons. The van der Waals surface area contributed by atoms with E-state index in [9.17, 15) is 0 Å². The highest BCUT2D eigenvalue weighted by molar-refractivity contribution is 6.19. The Kier molecular flexibility index (Phi) is 7.14. The molecular weight excluding hydrogens is 671 g/mol. The van der Waals surface area contributed by atoms with Crippen molar-refractivity contribution in [1.29, 1.82) is 0 Å². The summed E-state index contributed by atoms with van der Waals surface area (Å²) in [6.07, 6.45) is 0. The van der Waals surface area contributed by atoms with Crippen molar-refractivity contribution in [2.24, 2.45) is 0 Å². The number of aromatic nitrogens is 3. The van der Waals surface area contributed by atoms with E-state index in [4.69, 9.17) is 19.4 Å². The fourth-order valence-electron chi connectivity index (χ4n) is 8.16. The maximum Gasteiger partial charge on any atom is 0.165 e. The van der Waals surface area contributed by atoms with E-state index in [0.29, 0.717) is 17.5 Å². The maximum atomic E-state index is 6.34. The Balaban J connectivity index is 1.20. The highest BCUT2D eigenvalue weighted by atomic mass is 16.3. The molecule has 0 atom stereocenters. The summed E-state index contributed by atoms with van der Waals surface area (Å²) in [4.78, 5) is 16.1. The number of hydrogen-bond acceptors (Lipinski definition) is 4. The lowest BCUT2D eigenvalue weighted by Gasteiger charge is -2.16. The molecule has 4 nitrogen and oxygen atoms in total. The number of hydrogen-bond donors (Lipinski definition) is 0. The molecule has 256 valence electrons. The Hall–Kier alpha value is -7.43. The molecule has 11 aromatic rings. The van der Waals surface area contributed by atoms with Crippen molar-refractivity contribution < 1.29 is 4.42 Å². The average molecular weight is 702 g/mol. The fourth-order valence-corrected chi connectivity index (χ4v) is 8.16. The summed E-state index contributed by atoms with van der Waals surface area (Å²) < 4.78 is 6.34. The SMILES string of the molecule is c1ccc(-c2ccccc2-c2nc(-c3ccccc3-c3ccc4c(c3)oc3ccccc34)nc(-c3c4ccccc4cc4c3ccc3ccccc34)n2)cc1. The van der Waals surface area contributed by atoms with Gasteiger partial charge in [-0.25, -0.2) is 15.0 Å². The van der Waals surface area contributed by atoms with Gasteiger partial charge in [-0.2, -0.15) is 0 Å². The standard InChI is InChI=1S/C51H31N3O/c1-2-14-32(15-3-1)36-18-8-10-23-43(36)49-52-50(44-24-11-9-20-38(44)35-27-28-41-40-22-12-13-25-46(40)55-47(41)31-35)54-51(53-49)48-39-21-7-5-17-34(39)30-45-37-19-6-4-16-33(37)26-29-42(45)48/h1-31H. The van der Waals surface area contributed by atoms with Gasteiger partial charge >= 0.3 is 0 Å². The first-order chi connectivity index (χ1) is 27.3. The molecule has 0 amide bonds. The third-order valence-electron chi connectivity index (χ3n) is 10.7. The van der Waals surface area contributed by atoms with E-state index in [0.717, 1.165) is 77.0 Å². The number of benzene rings is 9. The van der Waals surface area contributed by atoms with E-state index < -0.39 is 0 Å². The quantitative estimate of drug-likeness (QED) is 0.132. The molecule has 0 N–H and O–H groups in total. The lowest BCUT2D eigenvalue weighted by molar-refractivity contribution is 0.669. The zero-order valence-electron chi connectivity index (χ0n) is 29.6. The average Bonchev–Trinajstić information content (AvgIpc) is 3.64. The summed E-state index contributed by atoms with van der Waals surface area (Å²) in [6.45, 7) is 0. The maximum absolute atomic E-state index is 6.34. The van der Waals surface area contributed by atoms with Gasteiger partial charge in [-0.1, -0.05) is 164 Å². The van der Waals surface area contributed by atoms with E-state index in [2.05, 4.69) is 164 Å². The van der Waals surface area contributed by atoms with Gasteiger partial charge < -0.3 is 4.42 Å². The summed E-state index contributed by atoms with van der Waals surface area (Å²) in [5.41, 5.74) is 8.76. The van der Waals surface area contributed by atoms with Crippen LogP contribution in [-0.4, -0.2) is 15.0 Å². The summed E-state index contributed by atoms with van der Waals surface area (Å²) in [5.74, 6) is 1.84. The molecule has 0 bridgehead atoms. The van der Waals surface area contributed by atoms with E-state index in [-0.39, 0.29) is 0 Å². The van der Waals surface area contributed by atoms with E-state index in [1.165, 1.54) is 16.2 Å². The van der Waals surface area contributed by atoms with Crippen molar-refractivity contribution in [2.45, 2.75) is 0 Å². The van der Waals surface area contributed by atoms with Crippen LogP contribution in [0.2, 0.25) is 0 Å². The number of nitrogens with zero attached hydrogens (tertiary/aromatic N) is 3. The van der Waals surface area contributed by atoms with E-state index >= 15 is 0 Å². The van der Waals surface area contributed by atoms with Crippen LogP contribution in [0.5, 0.6) is 0 Å². The van der Waals surface area contributed by atoms with Crippen LogP contribution < -0.4 is 0 Å². The molecule has 0 saturated heterocycles. The van der Waals surface area contributed by atoms with Gasteiger partial charge in [-0.15, -0.1) is 0 Å². The Morgan fingerprint density at radius 1 is 0.291 bits per heavy atom. The first kappa shape index (κ1) is 31.1. The minimum absolute atomic E-state index is 0.602. The van der Waals surface area contributed by atoms with Crippen molar-refractivity contribution in [3.8, 4) is 56.4 Å². The molecule has 11 rings (SSSR count). The molecule has 9 aromatic carbocycles. The van der Waals surface area contributed by atoms with Gasteiger partial charge in [0.05, 0.1) is 0 Å². The Morgan fingerprint density at radius 2 is 0.836 bits per heavy atom. The molecule has 2 aromatic heterocycles. The molecule has 0 saturated carbocycles. The summed E-state index contributed by atoms with van der Waals surface area (Å²) in [6, 6.07) is 65.7. The molecular formula is C51H31N3O. The zero-order chi connectivity index (χ0) is 36.3. The highest BCUT2D eigenvalue weighted by Crippen LogP contribution is 2.41. The van der Waals surface area contributed by atoms with Gasteiger partial charge in [0.1, 0.15) is 11.2 Å². The van der Waals surface area contributed by atoms with E-state index in [1.54, 1.807) is 0 Å². The van der Waals surface area contributed by atoms with Gasteiger partial charge in [0.2, 0.25) is 0 Å². The third kappa shape index (κ3) is 5.19. The number of para-hydroxylation sites is 1. The molecule has 4 heteroatoms. The summed E-state index contributed by atoms with van der Waals surface area (Å²) in [5, 5.41) is 9.08. The molecule has 0 aliphatic rings. The fraction of sp³-hybridized carbons (Fsp3) is 0. The van der Waals surface area contributed by atoms with Crippen molar-refractivity contribution in [1.82, 2.24) is 15.0 Å². The Bertz CT molecular complexity index is 3270. The number of furan rings is 1. The zero-order valence-corrected chi connectivity index (χ0v) is 29.6. The second-order valence-electron chi connectivity index (χ2n) is 13.9. The van der Waals surface area contributed by atoms with Crippen LogP contribution in [0.25, 0.3) is 111 Å². The molecule has 55 heavy (non-hydrogen) atoms. The first-order valence-corrected chi connectivity index (χ1v) is 18.5. The largest absolute Gasteiger partial charge is 0.456 e. The number of fused-ring (bicyclic) bond motifs is 7. The second kappa shape index (κ2) is 12.6. The minimum Gasteiger partial charge on any atom is -0.456 e. The van der Waals surface area contributed by atoms with Crippen LogP contribution in [0, 0.1) is 0 Å². The molecule has 0 fully saturated rings. The Labute approximate surface area is 317 Å². The van der Waals surface area contributed by atoms with Crippen molar-refractivity contribution in [3.63, 3.8) is 0 Å². The van der Waals surface area contributed by atoms with E-state index in [1.807, 2.05) is 24.3 Å². The van der Waals surface area contributed by atoms with Crippen LogP contribution in [0.15, 0.2) is 192 Å². The summed E-state index contributed by atoms with van der Waals surface area (Å²) in [7, 11) is 0. The molecule has 0 aliphatic carbocycles. The number of rotatable bonds is 5. The van der Waals surface area contributed by atoms with Gasteiger partial charge in [0, 0.05) is 27.5 Å². The lowest BCUT2D eigenvalue weighted by atomic mass is 9.92. The van der Waals surface area contributed by atoms with Gasteiger partial charge in [-0.3, -0.25) is 0 Å². The van der Waals surface area contributed by atoms with Gasteiger partial charge in [0.25, 0.3) is 0 Å². The molecule has 2 heterocycles. The minimum atomic E-state index is 0.602. The lowest BCUT2D eigenvalue weighted by Crippen LogP contribution is -2.03. The van der Waals surface area contributed by atoms with Crippen LogP contribution >= 0.6 is 0 Å². The normalized spacial score (nSPS) is 11.6. The van der Waals surface area contributed by atoms with Crippen LogP contribution in [-0.2, 0) is 0 Å².